The summed E-state index contributed by atoms with van der Waals surface area (Å²) < 4.78 is 0. The van der Waals surface area contributed by atoms with E-state index < -0.39 is 0 Å². The molecule has 0 unspecified atom stereocenters. The molecule has 4 atom stereocenters. The van der Waals surface area contributed by atoms with Gasteiger partial charge in [0, 0.05) is 17.4 Å². The van der Waals surface area contributed by atoms with Crippen LogP contribution in [0.1, 0.15) is 40.6 Å². The van der Waals surface area contributed by atoms with Crippen molar-refractivity contribution in [3.63, 3.8) is 0 Å². The van der Waals surface area contributed by atoms with Crippen molar-refractivity contribution >= 4 is 23.2 Å². The van der Waals surface area contributed by atoms with Crippen LogP contribution >= 0.6 is 23.2 Å². The Labute approximate surface area is 132 Å². The Morgan fingerprint density at radius 1 is 0.905 bits per heavy atom. The quantitative estimate of drug-likeness (QED) is 0.404. The SMILES string of the molecule is Clc1nc(Cl)c2c(n1)[C@@H]1c3ccccc3[C@H]2[C@@H]2C=C[C@H]1C2. The zero-order valence-corrected chi connectivity index (χ0v) is 12.6. The summed E-state index contributed by atoms with van der Waals surface area (Å²) >= 11 is 12.5. The maximum absolute atomic E-state index is 6.46. The van der Waals surface area contributed by atoms with Gasteiger partial charge in [-0.1, -0.05) is 48.0 Å². The second-order valence-corrected chi connectivity index (χ2v) is 6.81. The van der Waals surface area contributed by atoms with Crippen LogP contribution in [0.15, 0.2) is 36.4 Å². The highest BCUT2D eigenvalue weighted by Crippen LogP contribution is 2.58. The van der Waals surface area contributed by atoms with Gasteiger partial charge in [-0.3, -0.25) is 0 Å². The number of hydrogen-bond acceptors (Lipinski definition) is 2. The van der Waals surface area contributed by atoms with E-state index in [0.29, 0.717) is 17.0 Å². The molecule has 4 heteroatoms. The summed E-state index contributed by atoms with van der Waals surface area (Å²) in [5, 5.41) is 0.777. The molecule has 0 aliphatic heterocycles. The minimum atomic E-state index is 0.253. The molecule has 0 amide bonds. The van der Waals surface area contributed by atoms with Crippen LogP contribution in [0.3, 0.4) is 0 Å². The molecule has 104 valence electrons. The number of benzene rings is 1. The van der Waals surface area contributed by atoms with E-state index in [1.165, 1.54) is 11.1 Å². The van der Waals surface area contributed by atoms with Crippen LogP contribution in [0.5, 0.6) is 0 Å². The monoisotopic (exact) mass is 314 g/mol. The first kappa shape index (κ1) is 12.2. The minimum Gasteiger partial charge on any atom is -0.222 e. The number of allylic oxidation sites excluding steroid dienone is 2. The predicted octanol–water partition coefficient (Wildman–Crippen LogP) is 4.57. The Bertz CT molecular complexity index is 799. The van der Waals surface area contributed by atoms with E-state index in [4.69, 9.17) is 23.2 Å². The van der Waals surface area contributed by atoms with Gasteiger partial charge >= 0.3 is 0 Å². The van der Waals surface area contributed by atoms with E-state index in [1.807, 2.05) is 0 Å². The van der Waals surface area contributed by atoms with Crippen LogP contribution < -0.4 is 0 Å². The second kappa shape index (κ2) is 4.08. The highest BCUT2D eigenvalue weighted by atomic mass is 35.5. The Morgan fingerprint density at radius 2 is 1.57 bits per heavy atom. The molecule has 2 nitrogen and oxygen atoms in total. The summed E-state index contributed by atoms with van der Waals surface area (Å²) in [6, 6.07) is 8.69. The number of hydrogen-bond donors (Lipinski definition) is 0. The molecule has 4 aliphatic carbocycles. The van der Waals surface area contributed by atoms with Gasteiger partial charge in [-0.15, -0.1) is 0 Å². The van der Waals surface area contributed by atoms with Crippen molar-refractivity contribution in [3.8, 4) is 0 Å². The summed E-state index contributed by atoms with van der Waals surface area (Å²) in [7, 11) is 0. The first-order valence-electron chi connectivity index (χ1n) is 7.24. The van der Waals surface area contributed by atoms with Gasteiger partial charge in [0.25, 0.3) is 0 Å². The third-order valence-electron chi connectivity index (χ3n) is 5.18. The van der Waals surface area contributed by atoms with Crippen molar-refractivity contribution in [1.29, 1.82) is 0 Å². The third-order valence-corrected chi connectivity index (χ3v) is 5.64. The fourth-order valence-electron chi connectivity index (χ4n) is 4.47. The molecular formula is C17H12Cl2N2. The predicted molar refractivity (Wildman–Crippen MR) is 82.9 cm³/mol. The fraction of sp³-hybridized carbons (Fsp3) is 0.294. The van der Waals surface area contributed by atoms with Crippen LogP contribution in [-0.4, -0.2) is 9.97 Å². The molecule has 0 spiro atoms. The Morgan fingerprint density at radius 3 is 2.33 bits per heavy atom. The normalized spacial score (nSPS) is 31.0. The largest absolute Gasteiger partial charge is 0.224 e. The van der Waals surface area contributed by atoms with Gasteiger partial charge in [0.05, 0.1) is 5.69 Å². The van der Waals surface area contributed by atoms with Crippen LogP contribution in [0.2, 0.25) is 10.4 Å². The van der Waals surface area contributed by atoms with E-state index in [2.05, 4.69) is 46.4 Å². The van der Waals surface area contributed by atoms with Gasteiger partial charge in [0.1, 0.15) is 5.15 Å². The molecule has 0 N–H and O–H groups in total. The molecular weight excluding hydrogens is 303 g/mol. The van der Waals surface area contributed by atoms with Crippen molar-refractivity contribution in [2.45, 2.75) is 18.3 Å². The molecule has 2 aromatic rings. The Hall–Kier alpha value is -1.38. The average Bonchev–Trinajstić information content (AvgIpc) is 2.82. The molecule has 4 aliphatic rings. The lowest BCUT2D eigenvalue weighted by Crippen LogP contribution is -2.23. The van der Waals surface area contributed by atoms with Crippen molar-refractivity contribution in [2.24, 2.45) is 11.8 Å². The molecule has 0 saturated carbocycles. The fourth-order valence-corrected chi connectivity index (χ4v) is 4.98. The van der Waals surface area contributed by atoms with Gasteiger partial charge in [-0.05, 0) is 41.0 Å². The zero-order chi connectivity index (χ0) is 14.1. The van der Waals surface area contributed by atoms with Crippen molar-refractivity contribution in [1.82, 2.24) is 9.97 Å². The Kier molecular flexibility index (Phi) is 2.37. The second-order valence-electron chi connectivity index (χ2n) is 6.11. The van der Waals surface area contributed by atoms with Crippen LogP contribution in [0, 0.1) is 11.8 Å². The van der Waals surface area contributed by atoms with E-state index in [1.54, 1.807) is 0 Å². The molecule has 0 fully saturated rings. The van der Waals surface area contributed by atoms with Crippen molar-refractivity contribution in [3.05, 3.63) is 69.2 Å². The molecule has 1 heterocycles. The molecule has 6 rings (SSSR count). The standard InChI is InChI=1S/C17H12Cl2N2/c18-16-14-12-8-5-6-9(7-8)13(15(14)20-17(19)21-16)11-4-2-1-3-10(11)12/h1-6,8-9,12-13H,7H2/t8-,9+,12-,13+/m1/s1. The average molecular weight is 315 g/mol. The molecule has 1 aromatic carbocycles. The zero-order valence-electron chi connectivity index (χ0n) is 11.1. The lowest BCUT2D eigenvalue weighted by molar-refractivity contribution is 0.503. The summed E-state index contributed by atoms with van der Waals surface area (Å²) in [5.41, 5.74) is 4.92. The van der Waals surface area contributed by atoms with E-state index in [-0.39, 0.29) is 17.1 Å². The first-order valence-corrected chi connectivity index (χ1v) is 7.99. The third kappa shape index (κ3) is 1.50. The smallest absolute Gasteiger partial charge is 0.222 e. The number of rotatable bonds is 0. The van der Waals surface area contributed by atoms with Crippen LogP contribution in [0.4, 0.5) is 0 Å². The van der Waals surface area contributed by atoms with Crippen molar-refractivity contribution < 1.29 is 0 Å². The highest BCUT2D eigenvalue weighted by molar-refractivity contribution is 6.32. The van der Waals surface area contributed by atoms with Gasteiger partial charge in [-0.25, -0.2) is 9.97 Å². The van der Waals surface area contributed by atoms with Gasteiger partial charge in [0.15, 0.2) is 0 Å². The maximum Gasteiger partial charge on any atom is 0.224 e. The molecule has 21 heavy (non-hydrogen) atoms. The molecule has 4 bridgehead atoms. The maximum atomic E-state index is 6.46. The summed E-state index contributed by atoms with van der Waals surface area (Å²) in [6.07, 6.45) is 5.87. The van der Waals surface area contributed by atoms with Gasteiger partial charge in [-0.2, -0.15) is 0 Å². The van der Waals surface area contributed by atoms with E-state index in [0.717, 1.165) is 17.7 Å². The number of nitrogens with zero attached hydrogens (tertiary/aromatic N) is 2. The summed E-state index contributed by atoms with van der Waals surface area (Å²) in [4.78, 5) is 8.77. The van der Waals surface area contributed by atoms with Gasteiger partial charge in [0.2, 0.25) is 5.28 Å². The van der Waals surface area contributed by atoms with Gasteiger partial charge < -0.3 is 0 Å². The van der Waals surface area contributed by atoms with Crippen LogP contribution in [-0.2, 0) is 0 Å². The summed E-state index contributed by atoms with van der Waals surface area (Å²) in [6.45, 7) is 0. The first-order chi connectivity index (χ1) is 10.2. The lowest BCUT2D eigenvalue weighted by atomic mass is 9.71. The molecule has 0 saturated heterocycles. The lowest BCUT2D eigenvalue weighted by Gasteiger charge is -2.34. The van der Waals surface area contributed by atoms with E-state index >= 15 is 0 Å². The number of halogens is 2. The Balaban J connectivity index is 1.91. The van der Waals surface area contributed by atoms with Crippen molar-refractivity contribution in [2.75, 3.05) is 0 Å². The number of aromatic nitrogens is 2. The highest BCUT2D eigenvalue weighted by Gasteiger charge is 2.47. The van der Waals surface area contributed by atoms with E-state index in [9.17, 15) is 0 Å². The van der Waals surface area contributed by atoms with Crippen LogP contribution in [0.25, 0.3) is 0 Å². The molecule has 1 aromatic heterocycles. The molecule has 0 radical (unpaired) electrons. The topological polar surface area (TPSA) is 25.8 Å². The minimum absolute atomic E-state index is 0.253. The summed E-state index contributed by atoms with van der Waals surface area (Å²) in [5.74, 6) is 1.50.